The number of benzene rings is 1. The topological polar surface area (TPSA) is 108 Å². The molecule has 1 unspecified atom stereocenters. The van der Waals surface area contributed by atoms with Gasteiger partial charge in [-0.3, -0.25) is 4.79 Å². The minimum atomic E-state index is -1.11. The summed E-state index contributed by atoms with van der Waals surface area (Å²) in [4.78, 5) is 26.1. The lowest BCUT2D eigenvalue weighted by Crippen LogP contribution is -2.48. The summed E-state index contributed by atoms with van der Waals surface area (Å²) in [5.41, 5.74) is 3.78. The Morgan fingerprint density at radius 3 is 2.95 bits per heavy atom. The van der Waals surface area contributed by atoms with Crippen molar-refractivity contribution in [3.63, 3.8) is 0 Å². The number of nitrogens with one attached hydrogen (secondary N) is 2. The minimum absolute atomic E-state index is 0.176. The summed E-state index contributed by atoms with van der Waals surface area (Å²) in [6, 6.07) is 5.76. The van der Waals surface area contributed by atoms with Crippen molar-refractivity contribution >= 4 is 22.8 Å². The van der Waals surface area contributed by atoms with Gasteiger partial charge in [0.05, 0.1) is 6.04 Å². The fraction of sp³-hybridized carbons (Fsp3) is 0.286. The summed E-state index contributed by atoms with van der Waals surface area (Å²) >= 11 is 0. The lowest BCUT2D eigenvalue weighted by atomic mass is 10.0. The maximum Gasteiger partial charge on any atom is 0.326 e. The first kappa shape index (κ1) is 12.7. The number of fused-ring (bicyclic) bond motifs is 1. The number of carboxylic acid groups (broad SMARTS) is 1. The van der Waals surface area contributed by atoms with E-state index >= 15 is 0 Å². The normalized spacial score (nSPS) is 14.6. The van der Waals surface area contributed by atoms with Crippen LogP contribution < -0.4 is 11.0 Å². The molecule has 0 aliphatic carbocycles. The first-order valence-electron chi connectivity index (χ1n) is 6.78. The molecule has 2 atom stereocenters. The van der Waals surface area contributed by atoms with Crippen LogP contribution >= 0.6 is 0 Å². The average molecular weight is 276 g/mol. The van der Waals surface area contributed by atoms with Crippen LogP contribution in [0.15, 0.2) is 30.5 Å². The highest BCUT2D eigenvalue weighted by Crippen LogP contribution is 2.19. The van der Waals surface area contributed by atoms with E-state index in [4.69, 9.17) is 1.41 Å². The summed E-state index contributed by atoms with van der Waals surface area (Å²) in [6.07, 6.45) is 1.93. The van der Waals surface area contributed by atoms with Crippen molar-refractivity contribution in [1.82, 2.24) is 10.3 Å². The molecule has 0 spiro atoms. The predicted octanol–water partition coefficient (Wildman–Crippen LogP) is 0.627. The van der Waals surface area contributed by atoms with E-state index in [1.807, 2.05) is 30.0 Å². The van der Waals surface area contributed by atoms with Crippen LogP contribution in [0.5, 0.6) is 0 Å². The standard InChI is InChI=1S/C14H17N3O3/c1-8(15)13(18)17-12(14(19)20)6-9-7-16-11-5-3-2-4-10(9)11/h2-5,7-8,12,16H,6,15H2,1H3,(H,17,18)(H,19,20)/t8?,12-/m0/s1/i/hD. The molecule has 0 aliphatic heterocycles. The fourth-order valence-corrected chi connectivity index (χ4v) is 2.02. The van der Waals surface area contributed by atoms with Crippen molar-refractivity contribution < 1.29 is 16.1 Å². The molecule has 106 valence electrons. The van der Waals surface area contributed by atoms with Crippen LogP contribution in [0.1, 0.15) is 12.5 Å². The quantitative estimate of drug-likeness (QED) is 0.620. The largest absolute Gasteiger partial charge is 0.480 e. The molecular weight excluding hydrogens is 258 g/mol. The van der Waals surface area contributed by atoms with Crippen molar-refractivity contribution in [2.45, 2.75) is 25.4 Å². The van der Waals surface area contributed by atoms with E-state index in [1.54, 1.807) is 6.20 Å². The third-order valence-electron chi connectivity index (χ3n) is 3.11. The smallest absolute Gasteiger partial charge is 0.326 e. The highest BCUT2D eigenvalue weighted by atomic mass is 16.4. The third kappa shape index (κ3) is 2.97. The van der Waals surface area contributed by atoms with Gasteiger partial charge in [0.2, 0.25) is 5.91 Å². The van der Waals surface area contributed by atoms with Gasteiger partial charge >= 0.3 is 5.97 Å². The van der Waals surface area contributed by atoms with Gasteiger partial charge in [-0.05, 0) is 18.6 Å². The number of H-pyrrole nitrogens is 1. The molecule has 0 radical (unpaired) electrons. The van der Waals surface area contributed by atoms with Gasteiger partial charge in [0.1, 0.15) is 7.45 Å². The second-order valence-electron chi connectivity index (χ2n) is 4.68. The number of hydrogen-bond acceptors (Lipinski definition) is 3. The van der Waals surface area contributed by atoms with E-state index in [0.29, 0.717) is 0 Å². The van der Waals surface area contributed by atoms with Gasteiger partial charge in [0.15, 0.2) is 0 Å². The van der Waals surface area contributed by atoms with Crippen LogP contribution in [0, 0.1) is 0 Å². The molecule has 6 heteroatoms. The maximum atomic E-state index is 11.7. The monoisotopic (exact) mass is 276 g/mol. The van der Waals surface area contributed by atoms with Crippen LogP contribution in [-0.4, -0.2) is 34.1 Å². The Balaban J connectivity index is 2.17. The second-order valence-corrected chi connectivity index (χ2v) is 4.68. The third-order valence-corrected chi connectivity index (χ3v) is 3.11. The molecule has 0 saturated heterocycles. The lowest BCUT2D eigenvalue weighted by Gasteiger charge is -2.15. The number of carboxylic acids is 1. The van der Waals surface area contributed by atoms with Gasteiger partial charge in [-0.2, -0.15) is 0 Å². The lowest BCUT2D eigenvalue weighted by molar-refractivity contribution is -0.141. The number of carbonyl (C=O) groups excluding carboxylic acids is 1. The highest BCUT2D eigenvalue weighted by Gasteiger charge is 2.22. The Hall–Kier alpha value is -2.34. The van der Waals surface area contributed by atoms with Crippen molar-refractivity contribution in [3.8, 4) is 0 Å². The number of nitrogens with two attached hydrogens (primary N) is 1. The molecule has 0 aliphatic rings. The average Bonchev–Trinajstić information content (AvgIpc) is 2.88. The Morgan fingerprint density at radius 1 is 1.50 bits per heavy atom. The molecule has 0 fully saturated rings. The molecule has 1 amide bonds. The molecule has 5 N–H and O–H groups in total. The first-order valence-corrected chi connectivity index (χ1v) is 6.28. The zero-order valence-corrected chi connectivity index (χ0v) is 11.0. The number of carbonyl (C=O) groups is 2. The van der Waals surface area contributed by atoms with Crippen LogP contribution in [0.2, 0.25) is 1.41 Å². The fourth-order valence-electron chi connectivity index (χ4n) is 2.02. The van der Waals surface area contributed by atoms with Crippen molar-refractivity contribution in [3.05, 3.63) is 36.0 Å². The molecule has 1 aromatic carbocycles. The van der Waals surface area contributed by atoms with Crippen LogP contribution in [-0.2, 0) is 16.0 Å². The van der Waals surface area contributed by atoms with Gasteiger partial charge in [-0.25, -0.2) is 4.79 Å². The molecule has 20 heavy (non-hydrogen) atoms. The van der Waals surface area contributed by atoms with Gasteiger partial charge in [0, 0.05) is 23.5 Å². The summed E-state index contributed by atoms with van der Waals surface area (Å²) in [5.74, 6) is -1.62. The first-order chi connectivity index (χ1) is 10.0. The number of aromatic nitrogens is 1. The van der Waals surface area contributed by atoms with Gasteiger partial charge < -0.3 is 21.1 Å². The SMILES string of the molecule is [2H]NC(C)C(=O)N[C@@H](Cc1c[nH]c2ccccc12)C(=O)O. The zero-order valence-electron chi connectivity index (χ0n) is 12.0. The number of aliphatic carboxylic acids is 1. The van der Waals surface area contributed by atoms with Crippen molar-refractivity contribution in [2.75, 3.05) is 0 Å². The summed E-state index contributed by atoms with van der Waals surface area (Å²) in [5, 5.41) is 12.6. The number of hydrogen-bond donors (Lipinski definition) is 4. The highest BCUT2D eigenvalue weighted by molar-refractivity contribution is 5.88. The molecule has 2 aromatic rings. The maximum absolute atomic E-state index is 11.7. The zero-order chi connectivity index (χ0) is 15.4. The molecule has 1 aromatic heterocycles. The van der Waals surface area contributed by atoms with Crippen LogP contribution in [0.4, 0.5) is 0 Å². The molecule has 0 bridgehead atoms. The number of aromatic amines is 1. The van der Waals surface area contributed by atoms with E-state index in [2.05, 4.69) is 10.3 Å². The van der Waals surface area contributed by atoms with Crippen LogP contribution in [0.25, 0.3) is 10.9 Å². The summed E-state index contributed by atoms with van der Waals surface area (Å²) < 4.78 is 6.93. The van der Waals surface area contributed by atoms with E-state index in [9.17, 15) is 14.7 Å². The molecule has 1 heterocycles. The summed E-state index contributed by atoms with van der Waals surface area (Å²) in [7, 11) is 0. The molecule has 0 saturated carbocycles. The number of amides is 1. The Kier molecular flexibility index (Phi) is 3.64. The second kappa shape index (κ2) is 5.75. The van der Waals surface area contributed by atoms with Crippen molar-refractivity contribution in [2.24, 2.45) is 5.73 Å². The van der Waals surface area contributed by atoms with E-state index in [0.717, 1.165) is 16.5 Å². The summed E-state index contributed by atoms with van der Waals surface area (Å²) in [6.45, 7) is 1.49. The van der Waals surface area contributed by atoms with Gasteiger partial charge in [-0.1, -0.05) is 18.2 Å². The van der Waals surface area contributed by atoms with E-state index in [1.165, 1.54) is 6.92 Å². The Morgan fingerprint density at radius 2 is 2.25 bits per heavy atom. The van der Waals surface area contributed by atoms with E-state index in [-0.39, 0.29) is 6.42 Å². The van der Waals surface area contributed by atoms with Gasteiger partial charge in [0.25, 0.3) is 0 Å². The predicted molar refractivity (Wildman–Crippen MR) is 75.2 cm³/mol. The molecule has 6 nitrogen and oxygen atoms in total. The molecule has 2 rings (SSSR count). The van der Waals surface area contributed by atoms with Crippen LogP contribution in [0.3, 0.4) is 0 Å². The molecular formula is C14H17N3O3. The van der Waals surface area contributed by atoms with Crippen molar-refractivity contribution in [1.29, 1.82) is 0 Å². The van der Waals surface area contributed by atoms with Gasteiger partial charge in [-0.15, -0.1) is 0 Å². The Bertz CT molecular complexity index is 656. The minimum Gasteiger partial charge on any atom is -0.480 e. The number of rotatable bonds is 6. The number of para-hydroxylation sites is 1. The van der Waals surface area contributed by atoms with E-state index < -0.39 is 24.0 Å². The Labute approximate surface area is 117 Å².